The summed E-state index contributed by atoms with van der Waals surface area (Å²) in [4.78, 5) is 5.51. The molecular weight excluding hydrogens is 404 g/mol. The molecule has 1 unspecified atom stereocenters. The van der Waals surface area contributed by atoms with E-state index in [-0.39, 0.29) is 0 Å². The zero-order valence-electron chi connectivity index (χ0n) is 20.1. The van der Waals surface area contributed by atoms with Gasteiger partial charge in [0.25, 0.3) is 0 Å². The Morgan fingerprint density at radius 2 is 1.25 bits per heavy atom. The van der Waals surface area contributed by atoms with E-state index in [1.54, 1.807) is 5.19 Å². The molecule has 0 bridgehead atoms. The van der Waals surface area contributed by atoms with Gasteiger partial charge in [0.1, 0.15) is 8.07 Å². The largest absolute Gasteiger partial charge is 0.295 e. The first kappa shape index (κ1) is 23.0. The third-order valence-corrected chi connectivity index (χ3v) is 11.2. The first-order chi connectivity index (χ1) is 15.5. The lowest BCUT2D eigenvalue weighted by atomic mass is 10.1. The van der Waals surface area contributed by atoms with Crippen molar-refractivity contribution in [1.29, 1.82) is 0 Å². The average molecular weight is 443 g/mol. The Balaban J connectivity index is 1.60. The van der Waals surface area contributed by atoms with Crippen molar-refractivity contribution >= 4 is 13.3 Å². The van der Waals surface area contributed by atoms with Gasteiger partial charge in [-0.05, 0) is 31.0 Å². The predicted octanol–water partition coefficient (Wildman–Crippen LogP) is 5.69. The molecule has 4 rings (SSSR count). The molecule has 0 aliphatic carbocycles. The van der Waals surface area contributed by atoms with Gasteiger partial charge in [-0.3, -0.25) is 9.80 Å². The van der Waals surface area contributed by atoms with Crippen molar-refractivity contribution in [2.45, 2.75) is 64.2 Å². The van der Waals surface area contributed by atoms with Crippen LogP contribution in [-0.4, -0.2) is 42.2 Å². The molecule has 0 radical (unpaired) electrons. The molecule has 1 aliphatic heterocycles. The number of benzene rings is 3. The molecule has 1 heterocycles. The number of nitrogens with zero attached hydrogens (tertiary/aromatic N) is 2. The van der Waals surface area contributed by atoms with E-state index in [1.165, 1.54) is 24.1 Å². The minimum Gasteiger partial charge on any atom is -0.295 e. The van der Waals surface area contributed by atoms with Crippen molar-refractivity contribution < 1.29 is 0 Å². The molecule has 0 aromatic heterocycles. The normalized spacial score (nSPS) is 21.5. The van der Waals surface area contributed by atoms with Gasteiger partial charge in [0, 0.05) is 30.8 Å². The topological polar surface area (TPSA) is 6.25 Å². The molecule has 3 aromatic carbocycles. The van der Waals surface area contributed by atoms with E-state index in [1.807, 2.05) is 0 Å². The molecule has 2 nitrogen and oxygen atoms in total. The Kier molecular flexibility index (Phi) is 7.29. The zero-order chi connectivity index (χ0) is 22.6. The number of hydrogen-bond donors (Lipinski definition) is 0. The van der Waals surface area contributed by atoms with Crippen LogP contribution in [0.5, 0.6) is 0 Å². The Morgan fingerprint density at radius 3 is 1.72 bits per heavy atom. The highest BCUT2D eigenvalue weighted by Gasteiger charge is 2.59. The maximum Gasteiger partial charge on any atom is 0.101 e. The van der Waals surface area contributed by atoms with Crippen molar-refractivity contribution in [2.75, 3.05) is 6.54 Å². The lowest BCUT2D eigenvalue weighted by Gasteiger charge is -2.31. The highest BCUT2D eigenvalue weighted by Crippen LogP contribution is 2.40. The van der Waals surface area contributed by atoms with Crippen LogP contribution in [0.3, 0.4) is 0 Å². The predicted molar refractivity (Wildman–Crippen MR) is 140 cm³/mol. The second-order valence-electron chi connectivity index (χ2n) is 9.88. The summed E-state index contributed by atoms with van der Waals surface area (Å²) in [6.07, 6.45) is 1.22. The third-order valence-electron chi connectivity index (χ3n) is 7.24. The Bertz CT molecular complexity index is 917. The van der Waals surface area contributed by atoms with Crippen LogP contribution in [0, 0.1) is 0 Å². The summed E-state index contributed by atoms with van der Waals surface area (Å²) in [6, 6.07) is 34.4. The van der Waals surface area contributed by atoms with Gasteiger partial charge < -0.3 is 0 Å². The lowest BCUT2D eigenvalue weighted by molar-refractivity contribution is 0.174. The van der Waals surface area contributed by atoms with Crippen LogP contribution >= 0.6 is 0 Å². The van der Waals surface area contributed by atoms with Gasteiger partial charge in [0.05, 0.1) is 0 Å². The van der Waals surface area contributed by atoms with Crippen LogP contribution in [0.4, 0.5) is 0 Å². The quantitative estimate of drug-likeness (QED) is 0.294. The minimum atomic E-state index is -1.60. The van der Waals surface area contributed by atoms with Gasteiger partial charge in [-0.2, -0.15) is 0 Å². The van der Waals surface area contributed by atoms with Crippen molar-refractivity contribution in [3.8, 4) is 0 Å². The van der Waals surface area contributed by atoms with Crippen LogP contribution < -0.4 is 5.19 Å². The summed E-state index contributed by atoms with van der Waals surface area (Å²) in [5.74, 6) is 0. The maximum absolute atomic E-state index is 2.81. The molecule has 1 fully saturated rings. The van der Waals surface area contributed by atoms with Gasteiger partial charge in [-0.25, -0.2) is 0 Å². The fourth-order valence-electron chi connectivity index (χ4n) is 5.46. The van der Waals surface area contributed by atoms with Crippen molar-refractivity contribution in [2.24, 2.45) is 0 Å². The molecule has 32 heavy (non-hydrogen) atoms. The molecule has 168 valence electrons. The second-order valence-corrected chi connectivity index (χ2v) is 14.5. The Morgan fingerprint density at radius 1 is 0.781 bits per heavy atom. The van der Waals surface area contributed by atoms with E-state index in [2.05, 4.69) is 128 Å². The average Bonchev–Trinajstić information content (AvgIpc) is 3.55. The summed E-state index contributed by atoms with van der Waals surface area (Å²) in [5, 5.41) is 1.58. The fourth-order valence-corrected chi connectivity index (χ4v) is 9.22. The molecule has 1 saturated heterocycles. The van der Waals surface area contributed by atoms with Gasteiger partial charge >= 0.3 is 0 Å². The van der Waals surface area contributed by atoms with Gasteiger partial charge in [-0.15, -0.1) is 0 Å². The SMILES string of the molecule is CCCN1[C@H]([C@@H](C)N(Cc2ccccc2)Cc2ccccc2)[C@@H]1[Si](C)(C)c1ccccc1. The molecule has 0 saturated carbocycles. The monoisotopic (exact) mass is 442 g/mol. The molecule has 0 spiro atoms. The van der Waals surface area contributed by atoms with E-state index >= 15 is 0 Å². The number of hydrogen-bond acceptors (Lipinski definition) is 2. The van der Waals surface area contributed by atoms with E-state index in [0.717, 1.165) is 13.1 Å². The first-order valence-corrected chi connectivity index (χ1v) is 15.2. The van der Waals surface area contributed by atoms with Gasteiger partial charge in [0.2, 0.25) is 0 Å². The summed E-state index contributed by atoms with van der Waals surface area (Å²) < 4.78 is 0. The Hall–Kier alpha value is -2.20. The lowest BCUT2D eigenvalue weighted by Crippen LogP contribution is -2.50. The van der Waals surface area contributed by atoms with Crippen molar-refractivity contribution in [3.63, 3.8) is 0 Å². The van der Waals surface area contributed by atoms with Crippen molar-refractivity contribution in [3.05, 3.63) is 102 Å². The van der Waals surface area contributed by atoms with E-state index < -0.39 is 8.07 Å². The summed E-state index contributed by atoms with van der Waals surface area (Å²) in [6.45, 7) is 13.1. The van der Waals surface area contributed by atoms with Crippen LogP contribution in [-0.2, 0) is 13.1 Å². The third kappa shape index (κ3) is 5.06. The minimum absolute atomic E-state index is 0.502. The van der Waals surface area contributed by atoms with E-state index in [4.69, 9.17) is 0 Å². The number of rotatable bonds is 10. The zero-order valence-corrected chi connectivity index (χ0v) is 21.1. The first-order valence-electron chi connectivity index (χ1n) is 12.2. The molecule has 3 aromatic rings. The van der Waals surface area contributed by atoms with Crippen LogP contribution in [0.1, 0.15) is 31.4 Å². The molecular formula is C29H38N2Si. The van der Waals surface area contributed by atoms with Crippen LogP contribution in [0.15, 0.2) is 91.0 Å². The highest BCUT2D eigenvalue weighted by atomic mass is 28.3. The van der Waals surface area contributed by atoms with Gasteiger partial charge in [-0.1, -0.05) is 116 Å². The summed E-state index contributed by atoms with van der Waals surface area (Å²) in [7, 11) is -1.60. The highest BCUT2D eigenvalue weighted by molar-refractivity contribution is 6.91. The van der Waals surface area contributed by atoms with Crippen LogP contribution in [0.25, 0.3) is 0 Å². The molecule has 1 aliphatic rings. The standard InChI is InChI=1S/C29H38N2Si/c1-5-21-31-28(29(31)32(3,4)27-19-13-8-14-20-27)24(2)30(22-25-15-9-6-10-16-25)23-26-17-11-7-12-18-26/h6-20,24,28-29H,5,21-23H2,1-4H3/t24-,28-,29+,31?/m1/s1. The summed E-state index contributed by atoms with van der Waals surface area (Å²) >= 11 is 0. The van der Waals surface area contributed by atoms with Crippen LogP contribution in [0.2, 0.25) is 13.1 Å². The van der Waals surface area contributed by atoms with E-state index in [0.29, 0.717) is 17.7 Å². The van der Waals surface area contributed by atoms with Gasteiger partial charge in [0.15, 0.2) is 0 Å². The molecule has 0 amide bonds. The second kappa shape index (κ2) is 10.2. The van der Waals surface area contributed by atoms with E-state index in [9.17, 15) is 0 Å². The molecule has 3 heteroatoms. The molecule has 0 N–H and O–H groups in total. The fraction of sp³-hybridized carbons (Fsp3) is 0.379. The maximum atomic E-state index is 2.81. The molecule has 4 atom stereocenters. The van der Waals surface area contributed by atoms with Crippen molar-refractivity contribution in [1.82, 2.24) is 9.80 Å². The Labute approximate surface area is 195 Å². The smallest absolute Gasteiger partial charge is 0.101 e. The summed E-state index contributed by atoms with van der Waals surface area (Å²) in [5.41, 5.74) is 3.50.